The van der Waals surface area contributed by atoms with Gasteiger partial charge in [0.05, 0.1) is 0 Å². The molecule has 3 heteroatoms. The molecular weight excluding hydrogens is 323 g/mol. The van der Waals surface area contributed by atoms with Crippen molar-refractivity contribution in [2.45, 2.75) is 37.4 Å². The Balaban J connectivity index is 2.46. The maximum atomic E-state index is 13.3. The molecule has 1 atom stereocenters. The van der Waals surface area contributed by atoms with Crippen LogP contribution in [0.25, 0.3) is 0 Å². The summed E-state index contributed by atoms with van der Waals surface area (Å²) in [4.78, 5) is 0.563. The van der Waals surface area contributed by atoms with Gasteiger partial charge in [0.2, 0.25) is 0 Å². The number of halogens is 3. The van der Waals surface area contributed by atoms with Crippen LogP contribution in [0.5, 0.6) is 0 Å². The summed E-state index contributed by atoms with van der Waals surface area (Å²) in [6, 6.07) is 5.12. The van der Waals surface area contributed by atoms with Crippen LogP contribution in [0.2, 0.25) is 0 Å². The van der Waals surface area contributed by atoms with E-state index in [2.05, 4.69) is 38.8 Å². The highest BCUT2D eigenvalue weighted by Crippen LogP contribution is 2.19. The molecule has 0 amide bonds. The van der Waals surface area contributed by atoms with Gasteiger partial charge in [0, 0.05) is 9.30 Å². The summed E-state index contributed by atoms with van der Waals surface area (Å²) in [7, 11) is 0. The minimum atomic E-state index is -0.0965. The van der Waals surface area contributed by atoms with E-state index in [-0.39, 0.29) is 5.82 Å². The van der Waals surface area contributed by atoms with Gasteiger partial charge in [0.1, 0.15) is 5.82 Å². The van der Waals surface area contributed by atoms with E-state index in [1.807, 2.05) is 6.07 Å². The minimum Gasteiger partial charge on any atom is -0.207 e. The second-order valence-corrected chi connectivity index (χ2v) is 5.84. The first-order valence-electron chi connectivity index (χ1n) is 5.21. The highest BCUT2D eigenvalue weighted by atomic mass is 79.9. The summed E-state index contributed by atoms with van der Waals surface area (Å²) < 4.78 is 14.3. The van der Waals surface area contributed by atoms with Crippen molar-refractivity contribution in [3.8, 4) is 0 Å². The lowest BCUT2D eigenvalue weighted by Crippen LogP contribution is -1.97. The van der Waals surface area contributed by atoms with Crippen molar-refractivity contribution in [3.63, 3.8) is 0 Å². The quantitative estimate of drug-likeness (QED) is 0.657. The molecule has 0 fully saturated rings. The van der Waals surface area contributed by atoms with Crippen molar-refractivity contribution in [2.24, 2.45) is 0 Å². The number of rotatable bonds is 5. The van der Waals surface area contributed by atoms with Crippen molar-refractivity contribution in [1.82, 2.24) is 0 Å². The molecule has 0 aliphatic carbocycles. The van der Waals surface area contributed by atoms with Gasteiger partial charge in [0.25, 0.3) is 0 Å². The third-order valence-corrected chi connectivity index (χ3v) is 4.01. The van der Waals surface area contributed by atoms with Crippen LogP contribution in [0.1, 0.15) is 31.7 Å². The summed E-state index contributed by atoms with van der Waals surface area (Å²) in [5, 5.41) is 0. The van der Waals surface area contributed by atoms with Crippen LogP contribution in [0, 0.1) is 5.82 Å². The van der Waals surface area contributed by atoms with Crippen LogP contribution in [0.3, 0.4) is 0 Å². The van der Waals surface area contributed by atoms with Gasteiger partial charge in [-0.3, -0.25) is 0 Å². The molecule has 0 aliphatic heterocycles. The predicted octanol–water partition coefficient (Wildman–Crippen LogP) is 5.08. The number of alkyl halides is 1. The highest BCUT2D eigenvalue weighted by molar-refractivity contribution is 9.10. The summed E-state index contributed by atoms with van der Waals surface area (Å²) in [5.74, 6) is -0.0965. The van der Waals surface area contributed by atoms with E-state index in [1.54, 1.807) is 6.07 Å². The number of benzene rings is 1. The third-order valence-electron chi connectivity index (χ3n) is 2.41. The fourth-order valence-corrected chi connectivity index (χ4v) is 2.19. The second kappa shape index (κ2) is 6.64. The smallest absolute Gasteiger partial charge is 0.126 e. The fraction of sp³-hybridized carbons (Fsp3) is 0.500. The van der Waals surface area contributed by atoms with Crippen molar-refractivity contribution in [2.75, 3.05) is 0 Å². The topological polar surface area (TPSA) is 0 Å². The number of hydrogen-bond donors (Lipinski definition) is 0. The van der Waals surface area contributed by atoms with Gasteiger partial charge >= 0.3 is 0 Å². The van der Waals surface area contributed by atoms with Crippen molar-refractivity contribution in [3.05, 3.63) is 34.1 Å². The Morgan fingerprint density at radius 3 is 2.80 bits per heavy atom. The van der Waals surface area contributed by atoms with Crippen LogP contribution in [-0.4, -0.2) is 4.83 Å². The van der Waals surface area contributed by atoms with E-state index in [0.717, 1.165) is 35.7 Å². The van der Waals surface area contributed by atoms with E-state index in [0.29, 0.717) is 4.83 Å². The van der Waals surface area contributed by atoms with Gasteiger partial charge in [-0.15, -0.1) is 0 Å². The average molecular weight is 338 g/mol. The molecule has 0 saturated carbocycles. The van der Waals surface area contributed by atoms with E-state index < -0.39 is 0 Å². The molecule has 0 saturated heterocycles. The standard InChI is InChI=1S/C12H15Br2F/c1-2-10(13)5-3-4-9-8-11(14)6-7-12(9)15/h6-8,10H,2-5H2,1H3. The Morgan fingerprint density at radius 1 is 1.40 bits per heavy atom. The minimum absolute atomic E-state index is 0.0965. The zero-order valence-electron chi connectivity index (χ0n) is 8.77. The number of hydrogen-bond acceptors (Lipinski definition) is 0. The molecule has 1 aromatic rings. The van der Waals surface area contributed by atoms with Crippen molar-refractivity contribution < 1.29 is 4.39 Å². The van der Waals surface area contributed by atoms with E-state index in [1.165, 1.54) is 6.07 Å². The summed E-state index contributed by atoms with van der Waals surface area (Å²) >= 11 is 6.94. The lowest BCUT2D eigenvalue weighted by atomic mass is 10.1. The van der Waals surface area contributed by atoms with Gasteiger partial charge in [-0.2, -0.15) is 0 Å². The predicted molar refractivity (Wildman–Crippen MR) is 70.0 cm³/mol. The maximum absolute atomic E-state index is 13.3. The molecule has 0 aromatic heterocycles. The first kappa shape index (κ1) is 13.2. The van der Waals surface area contributed by atoms with Crippen molar-refractivity contribution >= 4 is 31.9 Å². The lowest BCUT2D eigenvalue weighted by Gasteiger charge is -2.07. The summed E-state index contributed by atoms with van der Waals surface area (Å²) in [6.07, 6.45) is 4.06. The molecule has 84 valence electrons. The fourth-order valence-electron chi connectivity index (χ4n) is 1.45. The van der Waals surface area contributed by atoms with Crippen LogP contribution < -0.4 is 0 Å². The van der Waals surface area contributed by atoms with Crippen LogP contribution >= 0.6 is 31.9 Å². The van der Waals surface area contributed by atoms with Gasteiger partial charge < -0.3 is 0 Å². The van der Waals surface area contributed by atoms with Gasteiger partial charge in [-0.25, -0.2) is 4.39 Å². The van der Waals surface area contributed by atoms with Gasteiger partial charge in [-0.1, -0.05) is 38.8 Å². The monoisotopic (exact) mass is 336 g/mol. The van der Waals surface area contributed by atoms with Crippen LogP contribution in [0.15, 0.2) is 22.7 Å². The molecule has 0 radical (unpaired) electrons. The Labute approximate surface area is 108 Å². The van der Waals surface area contributed by atoms with Crippen molar-refractivity contribution in [1.29, 1.82) is 0 Å². The van der Waals surface area contributed by atoms with Gasteiger partial charge in [-0.05, 0) is 49.4 Å². The Morgan fingerprint density at radius 2 is 2.13 bits per heavy atom. The Hall–Kier alpha value is 0.110. The maximum Gasteiger partial charge on any atom is 0.126 e. The molecule has 1 rings (SSSR count). The first-order chi connectivity index (χ1) is 7.13. The third kappa shape index (κ3) is 4.64. The zero-order valence-corrected chi connectivity index (χ0v) is 11.9. The second-order valence-electron chi connectivity index (χ2n) is 3.63. The molecule has 0 spiro atoms. The molecule has 0 aliphatic rings. The summed E-state index contributed by atoms with van der Waals surface area (Å²) in [6.45, 7) is 2.15. The van der Waals surface area contributed by atoms with Crippen LogP contribution in [0.4, 0.5) is 4.39 Å². The summed E-state index contributed by atoms with van der Waals surface area (Å²) in [5.41, 5.74) is 0.806. The Bertz CT molecular complexity index is 312. The Kier molecular flexibility index (Phi) is 5.83. The normalized spacial score (nSPS) is 12.8. The lowest BCUT2D eigenvalue weighted by molar-refractivity contribution is 0.596. The molecule has 1 aromatic carbocycles. The van der Waals surface area contributed by atoms with E-state index >= 15 is 0 Å². The highest BCUT2D eigenvalue weighted by Gasteiger charge is 2.05. The number of aryl methyl sites for hydroxylation is 1. The molecule has 0 N–H and O–H groups in total. The molecule has 15 heavy (non-hydrogen) atoms. The molecular formula is C12H15Br2F. The van der Waals surface area contributed by atoms with E-state index in [4.69, 9.17) is 0 Å². The van der Waals surface area contributed by atoms with Gasteiger partial charge in [0.15, 0.2) is 0 Å². The SMILES string of the molecule is CCC(Br)CCCc1cc(Br)ccc1F. The van der Waals surface area contributed by atoms with Crippen LogP contribution in [-0.2, 0) is 6.42 Å². The molecule has 1 unspecified atom stereocenters. The largest absolute Gasteiger partial charge is 0.207 e. The average Bonchev–Trinajstić information content (AvgIpc) is 2.23. The van der Waals surface area contributed by atoms with E-state index in [9.17, 15) is 4.39 Å². The molecule has 0 bridgehead atoms. The first-order valence-corrected chi connectivity index (χ1v) is 6.92. The molecule has 0 nitrogen and oxygen atoms in total. The molecule has 0 heterocycles. The zero-order chi connectivity index (χ0) is 11.3.